The fraction of sp³-hybridized carbons (Fsp3) is 0.556. The van der Waals surface area contributed by atoms with Crippen molar-refractivity contribution >= 4 is 78.7 Å². The molecule has 19 heteroatoms. The number of pyridine rings is 2. The van der Waals surface area contributed by atoms with Crippen LogP contribution in [0, 0.1) is 0 Å². The minimum atomic E-state index is -1.19. The quantitative estimate of drug-likeness (QED) is 0.0523. The molecule has 0 atom stereocenters. The molecule has 5 N–H and O–H groups in total. The van der Waals surface area contributed by atoms with E-state index >= 15 is 0 Å². The van der Waals surface area contributed by atoms with Gasteiger partial charge >= 0.3 is 5.97 Å². The van der Waals surface area contributed by atoms with E-state index in [1.165, 1.54) is 4.90 Å². The van der Waals surface area contributed by atoms with E-state index in [1.54, 1.807) is 55.6 Å². The number of ether oxygens (including phenoxy) is 1. The zero-order chi connectivity index (χ0) is 39.8. The number of carbonyl (C=O) groups excluding carboxylic acids is 5. The molecule has 304 valence electrons. The molecule has 0 aliphatic rings. The van der Waals surface area contributed by atoms with E-state index < -0.39 is 25.1 Å². The molecule has 5 amide bonds. The molecule has 0 aromatic carbocycles. The van der Waals surface area contributed by atoms with Crippen molar-refractivity contribution < 1.29 is 38.6 Å². The summed E-state index contributed by atoms with van der Waals surface area (Å²) in [5.74, 6) is -0.630. The molecular weight excluding hydrogens is 787 g/mol. The number of hydrogen-bond donors (Lipinski definition) is 5. The van der Waals surface area contributed by atoms with E-state index in [1.807, 2.05) is 36.4 Å². The highest BCUT2D eigenvalue weighted by Crippen LogP contribution is 2.30. The summed E-state index contributed by atoms with van der Waals surface area (Å²) in [6, 6.07) is 11.4. The van der Waals surface area contributed by atoms with Crippen LogP contribution in [0.3, 0.4) is 0 Å². The summed E-state index contributed by atoms with van der Waals surface area (Å²) in [5.41, 5.74) is 0. The number of carboxylic acids is 1. The van der Waals surface area contributed by atoms with Crippen molar-refractivity contribution in [2.75, 3.05) is 64.0 Å². The predicted octanol–water partition coefficient (Wildman–Crippen LogP) is 3.95. The average Bonchev–Trinajstić information content (AvgIpc) is 3.17. The number of aliphatic carboxylic acids is 1. The van der Waals surface area contributed by atoms with Crippen molar-refractivity contribution in [3.8, 4) is 0 Å². The Hall–Kier alpha value is -3.52. The molecule has 55 heavy (non-hydrogen) atoms. The number of nitrogens with one attached hydrogen (secondary N) is 4. The highest BCUT2D eigenvalue weighted by Gasteiger charge is 2.15. The summed E-state index contributed by atoms with van der Waals surface area (Å²) in [6.45, 7) is 0.730. The summed E-state index contributed by atoms with van der Waals surface area (Å²) in [4.78, 5) is 82.2. The van der Waals surface area contributed by atoms with Gasteiger partial charge in [-0.15, -0.1) is 0 Å². The van der Waals surface area contributed by atoms with Crippen LogP contribution in [0.4, 0.5) is 0 Å². The van der Waals surface area contributed by atoms with E-state index in [9.17, 15) is 28.8 Å². The lowest BCUT2D eigenvalue weighted by atomic mass is 10.2. The normalized spacial score (nSPS) is 10.7. The summed E-state index contributed by atoms with van der Waals surface area (Å²) >= 11 is 0. The first kappa shape index (κ1) is 47.6. The first-order valence-corrected chi connectivity index (χ1v) is 22.9. The van der Waals surface area contributed by atoms with E-state index in [0.717, 1.165) is 35.7 Å². The zero-order valence-electron chi connectivity index (χ0n) is 31.0. The van der Waals surface area contributed by atoms with Gasteiger partial charge in [0.25, 0.3) is 0 Å². The Morgan fingerprint density at radius 3 is 1.47 bits per heavy atom. The van der Waals surface area contributed by atoms with Crippen molar-refractivity contribution in [3.63, 3.8) is 0 Å². The van der Waals surface area contributed by atoms with Gasteiger partial charge in [0.2, 0.25) is 29.5 Å². The Balaban J connectivity index is 1.52. The third kappa shape index (κ3) is 26.8. The molecule has 0 fully saturated rings. The lowest BCUT2D eigenvalue weighted by Gasteiger charge is -2.23. The molecule has 0 bridgehead atoms. The van der Waals surface area contributed by atoms with Crippen LogP contribution in [0.2, 0.25) is 0 Å². The van der Waals surface area contributed by atoms with Crippen LogP contribution in [0.15, 0.2) is 58.8 Å². The minimum absolute atomic E-state index is 0.00785. The molecule has 2 heterocycles. The number of rotatable bonds is 32. The van der Waals surface area contributed by atoms with Gasteiger partial charge in [0.15, 0.2) is 0 Å². The molecule has 0 spiro atoms. The van der Waals surface area contributed by atoms with Crippen LogP contribution in [0.1, 0.15) is 64.2 Å². The number of unbranched alkanes of at least 4 members (excludes halogenated alkanes) is 4. The molecule has 0 aliphatic carbocycles. The SMILES string of the molecule is O=C(O)COCC(=O)N(CCNC(=O)CCCCCNC(=O)CCSSc1ccccn1)CCNC(=O)CCCCCNC(=O)CCSSc1ccccn1. The highest BCUT2D eigenvalue weighted by molar-refractivity contribution is 8.77. The van der Waals surface area contributed by atoms with E-state index in [0.29, 0.717) is 63.1 Å². The standard InChI is InChI=1S/C36H53N7O8S4/c44-29(11-3-1-7-17-37-31(46)15-25-52-54-33-13-5-9-19-41-33)39-21-23-43(35(48)27-51-28-36(49)50)24-22-40-30(45)12-4-2-8-18-38-32(47)16-26-53-55-34-14-6-10-20-42-34/h5-6,9-10,13-14,19-20H,1-4,7-8,11-12,15-18,21-28H2,(H,37,46)(H,38,47)(H,39,44)(H,40,45)(H,49,50). The summed E-state index contributed by atoms with van der Waals surface area (Å²) in [6.07, 6.45) is 9.27. The second kappa shape index (κ2) is 31.7. The van der Waals surface area contributed by atoms with Gasteiger partial charge in [-0.1, -0.05) is 46.6 Å². The Bertz CT molecular complexity index is 1330. The smallest absolute Gasteiger partial charge is 0.329 e. The maximum absolute atomic E-state index is 12.7. The van der Waals surface area contributed by atoms with Gasteiger partial charge in [-0.25, -0.2) is 14.8 Å². The Kier molecular flexibility index (Phi) is 27.4. The van der Waals surface area contributed by atoms with Crippen LogP contribution in [-0.2, 0) is 33.5 Å². The molecule has 2 aromatic heterocycles. The number of amides is 5. The van der Waals surface area contributed by atoms with E-state index in [-0.39, 0.29) is 49.8 Å². The third-order valence-corrected chi connectivity index (χ3v) is 11.9. The molecule has 0 saturated heterocycles. The third-order valence-electron chi connectivity index (χ3n) is 7.41. The summed E-state index contributed by atoms with van der Waals surface area (Å²) in [5, 5.41) is 22.0. The van der Waals surface area contributed by atoms with Gasteiger partial charge in [-0.3, -0.25) is 24.0 Å². The average molecular weight is 840 g/mol. The van der Waals surface area contributed by atoms with Gasteiger partial charge in [0, 0.05) is 88.9 Å². The maximum atomic E-state index is 12.7. The maximum Gasteiger partial charge on any atom is 0.329 e. The first-order valence-electron chi connectivity index (χ1n) is 18.3. The monoisotopic (exact) mass is 839 g/mol. The van der Waals surface area contributed by atoms with Crippen molar-refractivity contribution in [1.82, 2.24) is 36.1 Å². The number of hydrogen-bond acceptors (Lipinski definition) is 13. The number of carboxylic acid groups (broad SMARTS) is 1. The Morgan fingerprint density at radius 1 is 0.582 bits per heavy atom. The van der Waals surface area contributed by atoms with Crippen molar-refractivity contribution in [3.05, 3.63) is 48.8 Å². The van der Waals surface area contributed by atoms with Gasteiger partial charge < -0.3 is 36.0 Å². The fourth-order valence-electron chi connectivity index (χ4n) is 4.59. The molecule has 15 nitrogen and oxygen atoms in total. The second-order valence-corrected chi connectivity index (χ2v) is 16.8. The minimum Gasteiger partial charge on any atom is -0.480 e. The van der Waals surface area contributed by atoms with Crippen molar-refractivity contribution in [2.24, 2.45) is 0 Å². The van der Waals surface area contributed by atoms with Crippen LogP contribution >= 0.6 is 43.2 Å². The topological polar surface area (TPSA) is 209 Å². The number of aromatic nitrogens is 2. The van der Waals surface area contributed by atoms with Crippen LogP contribution in [0.5, 0.6) is 0 Å². The summed E-state index contributed by atoms with van der Waals surface area (Å²) in [7, 11) is 6.25. The van der Waals surface area contributed by atoms with Gasteiger partial charge in [0.05, 0.1) is 0 Å². The van der Waals surface area contributed by atoms with E-state index in [4.69, 9.17) is 9.84 Å². The number of carbonyl (C=O) groups is 6. The van der Waals surface area contributed by atoms with Crippen molar-refractivity contribution in [1.29, 1.82) is 0 Å². The lowest BCUT2D eigenvalue weighted by Crippen LogP contribution is -2.44. The van der Waals surface area contributed by atoms with Crippen LogP contribution in [-0.4, -0.2) is 119 Å². The van der Waals surface area contributed by atoms with Gasteiger partial charge in [0.1, 0.15) is 23.3 Å². The molecule has 0 unspecified atom stereocenters. The van der Waals surface area contributed by atoms with Crippen LogP contribution < -0.4 is 21.3 Å². The fourth-order valence-corrected chi connectivity index (χ4v) is 8.33. The summed E-state index contributed by atoms with van der Waals surface area (Å²) < 4.78 is 4.95. The highest BCUT2D eigenvalue weighted by atomic mass is 33.1. The van der Waals surface area contributed by atoms with Crippen LogP contribution in [0.25, 0.3) is 0 Å². The first-order chi connectivity index (χ1) is 26.7. The predicted molar refractivity (Wildman–Crippen MR) is 218 cm³/mol. The zero-order valence-corrected chi connectivity index (χ0v) is 34.3. The molecular formula is C36H53N7O8S4. The molecule has 2 aromatic rings. The molecule has 0 aliphatic heterocycles. The van der Waals surface area contributed by atoms with Gasteiger partial charge in [-0.2, -0.15) is 0 Å². The van der Waals surface area contributed by atoms with Gasteiger partial charge in [-0.05, 0) is 71.5 Å². The Labute approximate surface area is 339 Å². The molecule has 2 rings (SSSR count). The second-order valence-electron chi connectivity index (χ2n) is 11.9. The molecule has 0 saturated carbocycles. The Morgan fingerprint density at radius 2 is 1.04 bits per heavy atom. The van der Waals surface area contributed by atoms with Crippen molar-refractivity contribution in [2.45, 2.75) is 74.3 Å². The molecule has 0 radical (unpaired) electrons. The number of nitrogens with zero attached hydrogens (tertiary/aromatic N) is 3. The largest absolute Gasteiger partial charge is 0.480 e. The lowest BCUT2D eigenvalue weighted by molar-refractivity contribution is -0.146. The van der Waals surface area contributed by atoms with E-state index in [2.05, 4.69) is 31.2 Å².